The fourth-order valence-electron chi connectivity index (χ4n) is 3.61. The van der Waals surface area contributed by atoms with E-state index < -0.39 is 48.2 Å². The van der Waals surface area contributed by atoms with Gasteiger partial charge in [0.15, 0.2) is 0 Å². The number of hydrogen-bond acceptors (Lipinski definition) is 6. The van der Waals surface area contributed by atoms with Crippen LogP contribution in [-0.2, 0) is 20.2 Å². The smallest absolute Gasteiger partial charge is 0.288 e. The summed E-state index contributed by atoms with van der Waals surface area (Å²) < 4.78 is 66.4. The minimum absolute atomic E-state index is 0.195. The van der Waals surface area contributed by atoms with Crippen molar-refractivity contribution in [2.45, 2.75) is 16.2 Å². The van der Waals surface area contributed by atoms with Gasteiger partial charge in [-0.15, -0.1) is 0 Å². The topological polar surface area (TPSA) is 164 Å². The summed E-state index contributed by atoms with van der Waals surface area (Å²) in [4.78, 5) is 12.6. The van der Waals surface area contributed by atoms with Crippen LogP contribution in [0.1, 0.15) is 22.3 Å². The van der Waals surface area contributed by atoms with Crippen LogP contribution in [0.25, 0.3) is 6.08 Å². The number of carbonyl (C=O) groups is 1. The SMILES string of the molecule is NC1(NC(=O)c2ccccc2)C=CC(C=Cc2ccccc2)C(S(=O)(=O)O)(S(=O)(=O)O)C1. The van der Waals surface area contributed by atoms with E-state index in [-0.39, 0.29) is 5.56 Å². The molecule has 2 aromatic carbocycles. The summed E-state index contributed by atoms with van der Waals surface area (Å²) >= 11 is 0. The fourth-order valence-corrected chi connectivity index (χ4v) is 6.52. The Kier molecular flexibility index (Phi) is 6.40. The normalized spacial score (nSPS) is 23.2. The van der Waals surface area contributed by atoms with Crippen molar-refractivity contribution in [2.75, 3.05) is 0 Å². The number of rotatable bonds is 6. The van der Waals surface area contributed by atoms with E-state index in [0.717, 1.165) is 6.08 Å². The Labute approximate surface area is 186 Å². The summed E-state index contributed by atoms with van der Waals surface area (Å²) in [5.74, 6) is -2.20. The Morgan fingerprint density at radius 1 is 0.969 bits per heavy atom. The molecular weight excluding hydrogens is 456 g/mol. The largest absolute Gasteiger partial charge is 0.331 e. The number of benzene rings is 2. The lowest BCUT2D eigenvalue weighted by molar-refractivity contribution is 0.0908. The van der Waals surface area contributed by atoms with Gasteiger partial charge in [-0.1, -0.05) is 66.8 Å². The molecule has 0 fully saturated rings. The van der Waals surface area contributed by atoms with Crippen LogP contribution in [0, 0.1) is 5.92 Å². The number of carbonyl (C=O) groups excluding carboxylic acids is 1. The van der Waals surface area contributed by atoms with E-state index >= 15 is 0 Å². The van der Waals surface area contributed by atoms with Crippen molar-refractivity contribution in [1.82, 2.24) is 5.32 Å². The van der Waals surface area contributed by atoms with Gasteiger partial charge in [-0.05, 0) is 23.8 Å². The predicted octanol–water partition coefficient (Wildman–Crippen LogP) is 1.83. The van der Waals surface area contributed by atoms with Crippen molar-refractivity contribution in [3.63, 3.8) is 0 Å². The first-order valence-corrected chi connectivity index (χ1v) is 12.3. The van der Waals surface area contributed by atoms with E-state index in [0.29, 0.717) is 5.56 Å². The van der Waals surface area contributed by atoms with E-state index in [1.54, 1.807) is 48.5 Å². The minimum Gasteiger partial charge on any atom is -0.331 e. The van der Waals surface area contributed by atoms with Crippen LogP contribution < -0.4 is 11.1 Å². The molecule has 3 rings (SSSR count). The average Bonchev–Trinajstić information content (AvgIpc) is 2.72. The monoisotopic (exact) mass is 478 g/mol. The van der Waals surface area contributed by atoms with E-state index in [1.807, 2.05) is 0 Å². The highest BCUT2D eigenvalue weighted by Crippen LogP contribution is 2.43. The van der Waals surface area contributed by atoms with Gasteiger partial charge in [-0.25, -0.2) is 0 Å². The molecule has 32 heavy (non-hydrogen) atoms. The zero-order valence-electron chi connectivity index (χ0n) is 16.7. The van der Waals surface area contributed by atoms with Gasteiger partial charge < -0.3 is 11.1 Å². The molecule has 0 saturated carbocycles. The third-order valence-electron chi connectivity index (χ3n) is 5.20. The van der Waals surface area contributed by atoms with Crippen molar-refractivity contribution in [3.05, 3.63) is 90.0 Å². The first kappa shape index (κ1) is 23.8. The van der Waals surface area contributed by atoms with Gasteiger partial charge in [0.25, 0.3) is 26.1 Å². The molecule has 0 aromatic heterocycles. The molecule has 0 bridgehead atoms. The van der Waals surface area contributed by atoms with Gasteiger partial charge in [0.1, 0.15) is 5.66 Å². The predicted molar refractivity (Wildman–Crippen MR) is 119 cm³/mol. The molecule has 2 atom stereocenters. The molecular formula is C21H22N2O7S2. The van der Waals surface area contributed by atoms with Gasteiger partial charge in [0.2, 0.25) is 4.08 Å². The molecule has 5 N–H and O–H groups in total. The highest BCUT2D eigenvalue weighted by Gasteiger charge is 2.63. The Morgan fingerprint density at radius 2 is 1.50 bits per heavy atom. The summed E-state index contributed by atoms with van der Waals surface area (Å²) in [5.41, 5.74) is 4.96. The van der Waals surface area contributed by atoms with Crippen molar-refractivity contribution in [3.8, 4) is 0 Å². The minimum atomic E-state index is -5.44. The van der Waals surface area contributed by atoms with Gasteiger partial charge in [0.05, 0.1) is 0 Å². The van der Waals surface area contributed by atoms with Gasteiger partial charge in [0, 0.05) is 17.9 Å². The number of nitrogens with two attached hydrogens (primary N) is 1. The Bertz CT molecular complexity index is 1230. The maximum Gasteiger partial charge on any atom is 0.288 e. The van der Waals surface area contributed by atoms with Crippen LogP contribution in [-0.4, -0.2) is 41.6 Å². The quantitative estimate of drug-likeness (QED) is 0.277. The number of amides is 1. The van der Waals surface area contributed by atoms with Gasteiger partial charge in [-0.3, -0.25) is 13.9 Å². The second-order valence-electron chi connectivity index (χ2n) is 7.45. The molecule has 9 nitrogen and oxygen atoms in total. The molecule has 1 aliphatic rings. The standard InChI is InChI=1S/C21H22N2O7S2/c22-20(23-19(24)17-9-5-2-6-10-17)14-13-18(12-11-16-7-3-1-4-8-16)21(15-20,31(25,26)27)32(28,29)30/h1-14,18H,15,22H2,(H,23,24)(H,25,26,27)(H,28,29,30). The Balaban J connectivity index is 2.08. The number of hydrogen-bond donors (Lipinski definition) is 4. The van der Waals surface area contributed by atoms with Gasteiger partial charge in [-0.2, -0.15) is 16.8 Å². The summed E-state index contributed by atoms with van der Waals surface area (Å²) in [5, 5.41) is 2.38. The molecule has 0 aliphatic heterocycles. The lowest BCUT2D eigenvalue weighted by Crippen LogP contribution is -2.65. The lowest BCUT2D eigenvalue weighted by Gasteiger charge is -2.42. The highest BCUT2D eigenvalue weighted by molar-refractivity contribution is 8.05. The second-order valence-corrected chi connectivity index (χ2v) is 11.1. The second kappa shape index (κ2) is 8.60. The van der Waals surface area contributed by atoms with Gasteiger partial charge >= 0.3 is 0 Å². The molecule has 0 saturated heterocycles. The van der Waals surface area contributed by atoms with E-state index in [2.05, 4.69) is 5.32 Å². The maximum absolute atomic E-state index is 12.6. The number of nitrogens with one attached hydrogen (secondary N) is 1. The van der Waals surface area contributed by atoms with Crippen LogP contribution in [0.2, 0.25) is 0 Å². The van der Waals surface area contributed by atoms with E-state index in [1.165, 1.54) is 30.4 Å². The van der Waals surface area contributed by atoms with Crippen LogP contribution >= 0.6 is 0 Å². The van der Waals surface area contributed by atoms with E-state index in [9.17, 15) is 30.7 Å². The maximum atomic E-state index is 12.6. The van der Waals surface area contributed by atoms with Crippen molar-refractivity contribution >= 4 is 32.2 Å². The van der Waals surface area contributed by atoms with Crippen molar-refractivity contribution < 1.29 is 30.7 Å². The molecule has 0 spiro atoms. The first-order chi connectivity index (χ1) is 14.9. The third kappa shape index (κ3) is 4.66. The molecule has 0 heterocycles. The summed E-state index contributed by atoms with van der Waals surface area (Å²) in [7, 11) is -10.9. The molecule has 2 unspecified atom stereocenters. The molecule has 1 aliphatic carbocycles. The van der Waals surface area contributed by atoms with Crippen LogP contribution in [0.4, 0.5) is 0 Å². The molecule has 170 valence electrons. The first-order valence-electron chi connectivity index (χ1n) is 9.41. The molecule has 1 amide bonds. The average molecular weight is 479 g/mol. The Morgan fingerprint density at radius 3 is 2.03 bits per heavy atom. The third-order valence-corrected chi connectivity index (χ3v) is 9.04. The van der Waals surface area contributed by atoms with Crippen LogP contribution in [0.5, 0.6) is 0 Å². The van der Waals surface area contributed by atoms with Crippen LogP contribution in [0.15, 0.2) is 78.9 Å². The van der Waals surface area contributed by atoms with Crippen LogP contribution in [0.3, 0.4) is 0 Å². The summed E-state index contributed by atoms with van der Waals surface area (Å²) in [6.07, 6.45) is 4.01. The van der Waals surface area contributed by atoms with Crippen molar-refractivity contribution in [1.29, 1.82) is 0 Å². The molecule has 11 heteroatoms. The fraction of sp³-hybridized carbons (Fsp3) is 0.190. The summed E-state index contributed by atoms with van der Waals surface area (Å²) in [6, 6.07) is 16.4. The molecule has 2 aromatic rings. The highest BCUT2D eigenvalue weighted by atomic mass is 32.3. The molecule has 0 radical (unpaired) electrons. The lowest BCUT2D eigenvalue weighted by atomic mass is 9.86. The summed E-state index contributed by atoms with van der Waals surface area (Å²) in [6.45, 7) is 0. The zero-order chi connectivity index (χ0) is 23.6. The zero-order valence-corrected chi connectivity index (χ0v) is 18.3. The van der Waals surface area contributed by atoms with Crippen molar-refractivity contribution in [2.24, 2.45) is 11.7 Å². The number of allylic oxidation sites excluding steroid dienone is 2. The Hall–Kier alpha value is -2.83. The van der Waals surface area contributed by atoms with E-state index in [4.69, 9.17) is 5.73 Å².